The van der Waals surface area contributed by atoms with Crippen molar-refractivity contribution >= 4 is 23.1 Å². The lowest BCUT2D eigenvalue weighted by Crippen LogP contribution is -2.38. The van der Waals surface area contributed by atoms with E-state index in [4.69, 9.17) is 4.74 Å². The number of hydrogen-bond donors (Lipinski definition) is 1. The number of amides is 1. The molecule has 5 heteroatoms. The van der Waals surface area contributed by atoms with E-state index in [0.29, 0.717) is 37.2 Å². The predicted molar refractivity (Wildman–Crippen MR) is 158 cm³/mol. The number of para-hydroxylation sites is 3. The van der Waals surface area contributed by atoms with Crippen LogP contribution >= 0.6 is 0 Å². The van der Waals surface area contributed by atoms with Crippen molar-refractivity contribution in [1.82, 2.24) is 0 Å². The third-order valence-electron chi connectivity index (χ3n) is 7.78. The maximum Gasteiger partial charge on any atom is 0.227 e. The van der Waals surface area contributed by atoms with Gasteiger partial charge in [0.1, 0.15) is 12.4 Å². The summed E-state index contributed by atoms with van der Waals surface area (Å²) in [6.07, 6.45) is 1.37. The third-order valence-corrected chi connectivity index (χ3v) is 7.78. The van der Waals surface area contributed by atoms with Crippen LogP contribution in [0.5, 0.6) is 5.75 Å². The number of allylic oxidation sites excluding steroid dienone is 1. The molecule has 4 aromatic rings. The lowest BCUT2D eigenvalue weighted by atomic mass is 9.78. The minimum atomic E-state index is -0.616. The predicted octanol–water partition coefficient (Wildman–Crippen LogP) is 7.58. The van der Waals surface area contributed by atoms with Crippen LogP contribution in [-0.2, 0) is 16.2 Å². The Balaban J connectivity index is 1.51. The highest BCUT2D eigenvalue weighted by Gasteiger charge is 2.42. The van der Waals surface area contributed by atoms with E-state index in [1.54, 1.807) is 4.90 Å². The highest BCUT2D eigenvalue weighted by atomic mass is 16.5. The van der Waals surface area contributed by atoms with Crippen LogP contribution in [0.2, 0.25) is 0 Å². The second kappa shape index (κ2) is 11.2. The molecule has 0 aromatic heterocycles. The Bertz CT molecular complexity index is 1560. The van der Waals surface area contributed by atoms with Crippen molar-refractivity contribution in [3.8, 4) is 5.75 Å². The molecule has 4 aromatic carbocycles. The van der Waals surface area contributed by atoms with Crippen molar-refractivity contribution in [1.29, 1.82) is 0 Å². The second-order valence-corrected chi connectivity index (χ2v) is 10.3. The van der Waals surface area contributed by atoms with Crippen LogP contribution in [-0.4, -0.2) is 11.7 Å². The second-order valence-electron chi connectivity index (χ2n) is 10.3. The quantitative estimate of drug-likeness (QED) is 0.280. The zero-order valence-corrected chi connectivity index (χ0v) is 22.5. The number of nitrogens with one attached hydrogen (secondary N) is 1. The van der Waals surface area contributed by atoms with E-state index in [1.807, 2.05) is 104 Å². The first kappa shape index (κ1) is 25.6. The number of hydrogen-bond acceptors (Lipinski definition) is 4. The SMILES string of the molecule is CCC(=O)N1c2ccccc2NC2=C(C(=O)C[C@H](c3ccccc3)C2)[C@@H]1c1ccccc1OCc1ccccc1. The molecule has 1 aliphatic heterocycles. The summed E-state index contributed by atoms with van der Waals surface area (Å²) in [5, 5.41) is 3.60. The van der Waals surface area contributed by atoms with Gasteiger partial charge in [0.15, 0.2) is 5.78 Å². The molecule has 2 atom stereocenters. The molecule has 1 amide bonds. The fourth-order valence-corrected chi connectivity index (χ4v) is 5.86. The van der Waals surface area contributed by atoms with E-state index < -0.39 is 6.04 Å². The Hall–Kier alpha value is -4.64. The number of ketones is 1. The van der Waals surface area contributed by atoms with E-state index in [-0.39, 0.29) is 17.6 Å². The van der Waals surface area contributed by atoms with Crippen LogP contribution < -0.4 is 15.0 Å². The molecule has 5 nitrogen and oxygen atoms in total. The van der Waals surface area contributed by atoms with Gasteiger partial charge in [0.2, 0.25) is 5.91 Å². The fourth-order valence-electron chi connectivity index (χ4n) is 5.86. The molecule has 0 fully saturated rings. The number of anilines is 2. The summed E-state index contributed by atoms with van der Waals surface area (Å²) < 4.78 is 6.38. The summed E-state index contributed by atoms with van der Waals surface area (Å²) >= 11 is 0. The van der Waals surface area contributed by atoms with Gasteiger partial charge in [0.05, 0.1) is 17.4 Å². The van der Waals surface area contributed by atoms with Crippen molar-refractivity contribution < 1.29 is 14.3 Å². The summed E-state index contributed by atoms with van der Waals surface area (Å²) in [7, 11) is 0. The smallest absolute Gasteiger partial charge is 0.227 e. The van der Waals surface area contributed by atoms with Crippen LogP contribution in [0.1, 0.15) is 54.8 Å². The van der Waals surface area contributed by atoms with Crippen molar-refractivity contribution in [2.75, 3.05) is 10.2 Å². The summed E-state index contributed by atoms with van der Waals surface area (Å²) in [6, 6.07) is 35.2. The molecule has 6 rings (SSSR count). The number of Topliss-reactive ketones (excluding diaryl/α,β-unsaturated/α-hetero) is 1. The first-order valence-corrected chi connectivity index (χ1v) is 13.9. The highest BCUT2D eigenvalue weighted by molar-refractivity contribution is 6.06. The number of rotatable bonds is 6. The van der Waals surface area contributed by atoms with Gasteiger partial charge in [-0.05, 0) is 41.7 Å². The summed E-state index contributed by atoms with van der Waals surface area (Å²) in [5.41, 5.74) is 6.09. The number of ether oxygens (including phenoxy) is 1. The van der Waals surface area contributed by atoms with E-state index >= 15 is 0 Å². The van der Waals surface area contributed by atoms with Crippen LogP contribution in [0, 0.1) is 0 Å². The molecular weight excluding hydrogens is 496 g/mol. The number of carbonyl (C=O) groups is 2. The molecule has 40 heavy (non-hydrogen) atoms. The Morgan fingerprint density at radius 3 is 2.30 bits per heavy atom. The lowest BCUT2D eigenvalue weighted by molar-refractivity contribution is -0.119. The normalized spacial score (nSPS) is 18.3. The molecule has 200 valence electrons. The van der Waals surface area contributed by atoms with Gasteiger partial charge in [-0.25, -0.2) is 0 Å². The first-order chi connectivity index (χ1) is 19.6. The number of benzene rings is 4. The van der Waals surface area contributed by atoms with Gasteiger partial charge >= 0.3 is 0 Å². The topological polar surface area (TPSA) is 58.6 Å². The molecular formula is C35H32N2O3. The third kappa shape index (κ3) is 4.91. The largest absolute Gasteiger partial charge is 0.489 e. The summed E-state index contributed by atoms with van der Waals surface area (Å²) in [4.78, 5) is 29.7. The molecule has 1 N–H and O–H groups in total. The Labute approximate surface area is 235 Å². The highest BCUT2D eigenvalue weighted by Crippen LogP contribution is 2.49. The van der Waals surface area contributed by atoms with Gasteiger partial charge in [-0.2, -0.15) is 0 Å². The first-order valence-electron chi connectivity index (χ1n) is 13.9. The monoisotopic (exact) mass is 528 g/mol. The van der Waals surface area contributed by atoms with Gasteiger partial charge in [-0.3, -0.25) is 14.5 Å². The van der Waals surface area contributed by atoms with Gasteiger partial charge in [-0.15, -0.1) is 0 Å². The molecule has 0 spiro atoms. The Morgan fingerprint density at radius 1 is 0.850 bits per heavy atom. The molecule has 0 saturated heterocycles. The average molecular weight is 529 g/mol. The number of fused-ring (bicyclic) bond motifs is 1. The zero-order chi connectivity index (χ0) is 27.5. The van der Waals surface area contributed by atoms with Gasteiger partial charge in [0, 0.05) is 29.7 Å². The lowest BCUT2D eigenvalue weighted by Gasteiger charge is -2.35. The van der Waals surface area contributed by atoms with Crippen molar-refractivity contribution in [2.45, 2.75) is 44.8 Å². The van der Waals surface area contributed by atoms with Crippen LogP contribution in [0.3, 0.4) is 0 Å². The number of carbonyl (C=O) groups excluding carboxylic acids is 2. The molecule has 1 heterocycles. The molecule has 0 bridgehead atoms. The van der Waals surface area contributed by atoms with E-state index in [1.165, 1.54) is 0 Å². The van der Waals surface area contributed by atoms with Gasteiger partial charge < -0.3 is 10.1 Å². The van der Waals surface area contributed by atoms with Crippen molar-refractivity contribution in [2.24, 2.45) is 0 Å². The molecule has 1 aliphatic carbocycles. The summed E-state index contributed by atoms with van der Waals surface area (Å²) in [5.74, 6) is 0.719. The Morgan fingerprint density at radius 2 is 1.52 bits per heavy atom. The van der Waals surface area contributed by atoms with Crippen LogP contribution in [0.4, 0.5) is 11.4 Å². The average Bonchev–Trinajstić information content (AvgIpc) is 3.15. The zero-order valence-electron chi connectivity index (χ0n) is 22.5. The summed E-state index contributed by atoms with van der Waals surface area (Å²) in [6.45, 7) is 2.25. The fraction of sp³-hybridized carbons (Fsp3) is 0.200. The molecule has 0 unspecified atom stereocenters. The van der Waals surface area contributed by atoms with Gasteiger partial charge in [-0.1, -0.05) is 97.9 Å². The van der Waals surface area contributed by atoms with E-state index in [9.17, 15) is 9.59 Å². The van der Waals surface area contributed by atoms with Crippen molar-refractivity contribution in [3.05, 3.63) is 137 Å². The number of nitrogens with zero attached hydrogens (tertiary/aromatic N) is 1. The van der Waals surface area contributed by atoms with Gasteiger partial charge in [0.25, 0.3) is 0 Å². The minimum Gasteiger partial charge on any atom is -0.489 e. The minimum absolute atomic E-state index is 0.0483. The van der Waals surface area contributed by atoms with Crippen LogP contribution in [0.25, 0.3) is 0 Å². The standard InChI is InChI=1S/C35H32N2O3/c1-2-33(39)37-30-19-11-10-18-28(30)36-29-21-26(25-15-7-4-8-16-25)22-31(38)34(29)35(37)27-17-9-12-20-32(27)40-23-24-13-5-3-6-14-24/h3-20,26,35-36H,2,21-23H2,1H3/t26-,35+/m1/s1. The molecule has 0 radical (unpaired) electrons. The maximum atomic E-state index is 14.2. The van der Waals surface area contributed by atoms with E-state index in [2.05, 4.69) is 17.4 Å². The Kier molecular flexibility index (Phi) is 7.19. The van der Waals surface area contributed by atoms with Crippen molar-refractivity contribution in [3.63, 3.8) is 0 Å². The molecule has 0 saturated carbocycles. The maximum absolute atomic E-state index is 14.2. The molecule has 2 aliphatic rings. The van der Waals surface area contributed by atoms with E-state index in [0.717, 1.165) is 33.8 Å². The van der Waals surface area contributed by atoms with Crippen LogP contribution in [0.15, 0.2) is 120 Å².